The molecule has 0 spiro atoms. The zero-order chi connectivity index (χ0) is 21.0. The number of carbonyl (C=O) groups excluding carboxylic acids is 3. The van der Waals surface area contributed by atoms with Gasteiger partial charge >= 0.3 is 0 Å². The van der Waals surface area contributed by atoms with Crippen LogP contribution in [0, 0.1) is 5.82 Å². The highest BCUT2D eigenvalue weighted by Crippen LogP contribution is 2.20. The van der Waals surface area contributed by atoms with Crippen molar-refractivity contribution in [1.82, 2.24) is 20.7 Å². The molecular weight excluding hydrogens is 443 g/mol. The lowest BCUT2D eigenvalue weighted by molar-refractivity contribution is -0.121. The lowest BCUT2D eigenvalue weighted by atomic mass is 10.2. The van der Waals surface area contributed by atoms with Gasteiger partial charge in [-0.25, -0.2) is 4.39 Å². The third kappa shape index (κ3) is 4.80. The Morgan fingerprint density at radius 1 is 1.03 bits per heavy atom. The number of para-hydroxylation sites is 1. The SMILES string of the molecule is Cn1cc(C(=O)NNC(=O)CCNC(=O)c2cc(F)ccc2Br)c2ccccc21. The fourth-order valence-electron chi connectivity index (χ4n) is 2.84. The van der Waals surface area contributed by atoms with Crippen molar-refractivity contribution in [3.63, 3.8) is 0 Å². The van der Waals surface area contributed by atoms with Crippen LogP contribution in [0.3, 0.4) is 0 Å². The van der Waals surface area contributed by atoms with E-state index in [-0.39, 0.29) is 18.5 Å². The van der Waals surface area contributed by atoms with Gasteiger partial charge in [0.25, 0.3) is 11.8 Å². The van der Waals surface area contributed by atoms with Gasteiger partial charge in [-0.3, -0.25) is 25.2 Å². The van der Waals surface area contributed by atoms with Crippen molar-refractivity contribution in [3.05, 3.63) is 70.1 Å². The van der Waals surface area contributed by atoms with Crippen molar-refractivity contribution in [2.24, 2.45) is 7.05 Å². The zero-order valence-corrected chi connectivity index (χ0v) is 17.0. The summed E-state index contributed by atoms with van der Waals surface area (Å²) >= 11 is 3.18. The molecule has 3 N–H and O–H groups in total. The number of benzene rings is 2. The Bertz CT molecular complexity index is 1100. The van der Waals surface area contributed by atoms with Crippen LogP contribution in [0.15, 0.2) is 53.1 Å². The summed E-state index contributed by atoms with van der Waals surface area (Å²) in [5.41, 5.74) is 6.16. The van der Waals surface area contributed by atoms with Gasteiger partial charge in [-0.1, -0.05) is 18.2 Å². The van der Waals surface area contributed by atoms with Crippen molar-refractivity contribution < 1.29 is 18.8 Å². The summed E-state index contributed by atoms with van der Waals surface area (Å²) in [5.74, 6) is -1.96. The average Bonchev–Trinajstić information content (AvgIpc) is 3.05. The standard InChI is InChI=1S/C20H18BrFN4O3/c1-26-11-15(13-4-2-3-5-17(13)26)20(29)25-24-18(27)8-9-23-19(28)14-10-12(22)6-7-16(14)21/h2-7,10-11H,8-9H2,1H3,(H,23,28)(H,24,27)(H,25,29). The van der Waals surface area contributed by atoms with E-state index >= 15 is 0 Å². The van der Waals surface area contributed by atoms with Gasteiger partial charge in [0.05, 0.1) is 11.1 Å². The van der Waals surface area contributed by atoms with Crippen molar-refractivity contribution >= 4 is 44.6 Å². The van der Waals surface area contributed by atoms with Crippen LogP contribution >= 0.6 is 15.9 Å². The summed E-state index contributed by atoms with van der Waals surface area (Å²) in [6.07, 6.45) is 1.62. The number of hydrazine groups is 1. The van der Waals surface area contributed by atoms with Gasteiger partial charge in [-0.05, 0) is 40.2 Å². The van der Waals surface area contributed by atoms with Crippen LogP contribution in [0.2, 0.25) is 0 Å². The first-order valence-electron chi connectivity index (χ1n) is 8.73. The molecule has 0 atom stereocenters. The first-order chi connectivity index (χ1) is 13.9. The van der Waals surface area contributed by atoms with E-state index in [1.165, 1.54) is 12.1 Å². The molecule has 0 aliphatic rings. The Kier molecular flexibility index (Phi) is 6.28. The molecule has 2 aromatic carbocycles. The number of rotatable bonds is 5. The Morgan fingerprint density at radius 3 is 2.59 bits per heavy atom. The number of aryl methyl sites for hydroxylation is 1. The van der Waals surface area contributed by atoms with Gasteiger partial charge in [0.2, 0.25) is 5.91 Å². The van der Waals surface area contributed by atoms with Crippen LogP contribution in [0.25, 0.3) is 10.9 Å². The third-order valence-corrected chi connectivity index (χ3v) is 4.96. The minimum Gasteiger partial charge on any atom is -0.351 e. The van der Waals surface area contributed by atoms with E-state index in [2.05, 4.69) is 32.1 Å². The zero-order valence-electron chi connectivity index (χ0n) is 15.5. The maximum atomic E-state index is 13.3. The highest BCUT2D eigenvalue weighted by atomic mass is 79.9. The van der Waals surface area contributed by atoms with Crippen molar-refractivity contribution in [2.45, 2.75) is 6.42 Å². The van der Waals surface area contributed by atoms with E-state index in [1.807, 2.05) is 35.9 Å². The monoisotopic (exact) mass is 460 g/mol. The van der Waals surface area contributed by atoms with E-state index in [9.17, 15) is 18.8 Å². The molecule has 1 heterocycles. The van der Waals surface area contributed by atoms with E-state index in [0.29, 0.717) is 10.0 Å². The van der Waals surface area contributed by atoms with Crippen LogP contribution in [-0.2, 0) is 11.8 Å². The fourth-order valence-corrected chi connectivity index (χ4v) is 3.26. The van der Waals surface area contributed by atoms with Crippen LogP contribution < -0.4 is 16.2 Å². The Balaban J connectivity index is 1.49. The number of aromatic nitrogens is 1. The van der Waals surface area contributed by atoms with Gasteiger partial charge < -0.3 is 9.88 Å². The average molecular weight is 461 g/mol. The minimum absolute atomic E-state index is 0.0256. The Morgan fingerprint density at radius 2 is 1.79 bits per heavy atom. The van der Waals surface area contributed by atoms with Crippen molar-refractivity contribution in [2.75, 3.05) is 6.54 Å². The highest BCUT2D eigenvalue weighted by Gasteiger charge is 2.15. The Labute approximate surface area is 174 Å². The second-order valence-corrected chi connectivity index (χ2v) is 7.16. The number of amides is 3. The molecule has 9 heteroatoms. The first-order valence-corrected chi connectivity index (χ1v) is 9.52. The summed E-state index contributed by atoms with van der Waals surface area (Å²) in [4.78, 5) is 36.4. The topological polar surface area (TPSA) is 92.2 Å². The summed E-state index contributed by atoms with van der Waals surface area (Å²) in [5, 5.41) is 3.31. The van der Waals surface area contributed by atoms with E-state index in [0.717, 1.165) is 17.0 Å². The predicted molar refractivity (Wildman–Crippen MR) is 110 cm³/mol. The molecule has 0 bridgehead atoms. The van der Waals surface area contributed by atoms with E-state index in [1.54, 1.807) is 6.20 Å². The summed E-state index contributed by atoms with van der Waals surface area (Å²) in [7, 11) is 1.83. The molecule has 150 valence electrons. The molecule has 3 rings (SSSR count). The molecule has 0 unspecified atom stereocenters. The molecule has 7 nitrogen and oxygen atoms in total. The van der Waals surface area contributed by atoms with Crippen LogP contribution in [0.4, 0.5) is 4.39 Å². The van der Waals surface area contributed by atoms with Crippen molar-refractivity contribution in [3.8, 4) is 0 Å². The van der Waals surface area contributed by atoms with Gasteiger partial charge in [0, 0.05) is 41.6 Å². The van der Waals surface area contributed by atoms with Crippen LogP contribution in [0.5, 0.6) is 0 Å². The number of halogens is 2. The molecule has 0 aliphatic carbocycles. The van der Waals surface area contributed by atoms with E-state index < -0.39 is 23.5 Å². The number of hydrogen-bond donors (Lipinski definition) is 3. The largest absolute Gasteiger partial charge is 0.351 e. The minimum atomic E-state index is -0.535. The quantitative estimate of drug-likeness (QED) is 0.511. The second kappa shape index (κ2) is 8.87. The maximum absolute atomic E-state index is 13.3. The van der Waals surface area contributed by atoms with Gasteiger partial charge in [-0.2, -0.15) is 0 Å². The molecule has 0 saturated carbocycles. The number of nitrogens with zero attached hydrogens (tertiary/aromatic N) is 1. The lowest BCUT2D eigenvalue weighted by Gasteiger charge is -2.09. The summed E-state index contributed by atoms with van der Waals surface area (Å²) in [6.45, 7) is 0.0256. The fraction of sp³-hybridized carbons (Fsp3) is 0.150. The number of carbonyl (C=O) groups is 3. The molecule has 3 amide bonds. The molecule has 1 aromatic heterocycles. The molecular formula is C20H18BrFN4O3. The lowest BCUT2D eigenvalue weighted by Crippen LogP contribution is -2.42. The molecule has 29 heavy (non-hydrogen) atoms. The van der Waals surface area contributed by atoms with Crippen molar-refractivity contribution in [1.29, 1.82) is 0 Å². The van der Waals surface area contributed by atoms with Gasteiger partial charge in [-0.15, -0.1) is 0 Å². The molecule has 3 aromatic rings. The number of nitrogens with one attached hydrogen (secondary N) is 3. The highest BCUT2D eigenvalue weighted by molar-refractivity contribution is 9.10. The molecule has 0 radical (unpaired) electrons. The maximum Gasteiger partial charge on any atom is 0.271 e. The Hall–Kier alpha value is -3.20. The van der Waals surface area contributed by atoms with Gasteiger partial charge in [0.1, 0.15) is 5.82 Å². The van der Waals surface area contributed by atoms with Crippen LogP contribution in [-0.4, -0.2) is 28.8 Å². The number of hydrogen-bond acceptors (Lipinski definition) is 3. The molecule has 0 fully saturated rings. The third-order valence-electron chi connectivity index (χ3n) is 4.27. The second-order valence-electron chi connectivity index (χ2n) is 6.30. The van der Waals surface area contributed by atoms with E-state index in [4.69, 9.17) is 0 Å². The first kappa shape index (κ1) is 20.5. The van der Waals surface area contributed by atoms with Gasteiger partial charge in [0.15, 0.2) is 0 Å². The summed E-state index contributed by atoms with van der Waals surface area (Å²) < 4.78 is 15.5. The predicted octanol–water partition coefficient (Wildman–Crippen LogP) is 2.66. The smallest absolute Gasteiger partial charge is 0.271 e. The molecule has 0 aliphatic heterocycles. The van der Waals surface area contributed by atoms with Crippen LogP contribution in [0.1, 0.15) is 27.1 Å². The summed E-state index contributed by atoms with van der Waals surface area (Å²) in [6, 6.07) is 11.2. The number of fused-ring (bicyclic) bond motifs is 1. The normalized spacial score (nSPS) is 10.6. The molecule has 0 saturated heterocycles.